The molecule has 2 aromatic carbocycles. The second-order valence-electron chi connectivity index (χ2n) is 5.15. The Morgan fingerprint density at radius 2 is 1.00 bits per heavy atom. The van der Waals surface area contributed by atoms with Crippen LogP contribution in [0.4, 0.5) is 26.3 Å². The van der Waals surface area contributed by atoms with E-state index in [9.17, 15) is 31.4 Å². The fraction of sp³-hybridized carbons (Fsp3) is 0.250. The van der Waals surface area contributed by atoms with Crippen LogP contribution in [0.15, 0.2) is 48.5 Å². The van der Waals surface area contributed by atoms with E-state index in [0.29, 0.717) is 29.8 Å². The van der Waals surface area contributed by atoms with Gasteiger partial charge >= 0.3 is 12.4 Å². The van der Waals surface area contributed by atoms with E-state index in [-0.39, 0.29) is 0 Å². The van der Waals surface area contributed by atoms with Gasteiger partial charge in [0.15, 0.2) is 0 Å². The molecule has 0 aliphatic carbocycles. The van der Waals surface area contributed by atoms with Gasteiger partial charge in [0.05, 0.1) is 5.56 Å². The Balaban J connectivity index is 2.58. The second-order valence-corrected chi connectivity index (χ2v) is 5.15. The topological polar surface area (TPSA) is 20.2 Å². The van der Waals surface area contributed by atoms with E-state index in [1.54, 1.807) is 6.92 Å². The van der Waals surface area contributed by atoms with Gasteiger partial charge in [0, 0.05) is 0 Å². The number of hydrogen-bond donors (Lipinski definition) is 1. The zero-order chi connectivity index (χ0) is 17.5. The third-order valence-corrected chi connectivity index (χ3v) is 3.51. The van der Waals surface area contributed by atoms with Crippen LogP contribution < -0.4 is 0 Å². The molecule has 0 bridgehead atoms. The van der Waals surface area contributed by atoms with Crippen LogP contribution in [0.5, 0.6) is 0 Å². The Bertz CT molecular complexity index is 670. The molecule has 1 nitrogen and oxygen atoms in total. The number of halogens is 6. The van der Waals surface area contributed by atoms with Crippen molar-refractivity contribution < 1.29 is 31.4 Å². The summed E-state index contributed by atoms with van der Waals surface area (Å²) in [5.41, 5.74) is -4.93. The van der Waals surface area contributed by atoms with Crippen molar-refractivity contribution >= 4 is 0 Å². The average Bonchev–Trinajstić information content (AvgIpc) is 2.45. The van der Waals surface area contributed by atoms with Crippen LogP contribution in [0.2, 0.25) is 0 Å². The first-order valence-corrected chi connectivity index (χ1v) is 6.50. The van der Waals surface area contributed by atoms with E-state index >= 15 is 0 Å². The number of aryl methyl sites for hydroxylation is 1. The highest BCUT2D eigenvalue weighted by Gasteiger charge is 2.56. The molecule has 2 rings (SSSR count). The minimum absolute atomic E-state index is 0.463. The van der Waals surface area contributed by atoms with Crippen molar-refractivity contribution in [3.63, 3.8) is 0 Å². The van der Waals surface area contributed by atoms with Crippen LogP contribution in [0, 0.1) is 6.92 Å². The third-order valence-electron chi connectivity index (χ3n) is 3.51. The summed E-state index contributed by atoms with van der Waals surface area (Å²) in [6, 6.07) is 7.26. The molecule has 7 heteroatoms. The van der Waals surface area contributed by atoms with Crippen LogP contribution in [-0.2, 0) is 11.8 Å². The van der Waals surface area contributed by atoms with Crippen molar-refractivity contribution in [3.05, 3.63) is 70.8 Å². The molecule has 1 unspecified atom stereocenters. The van der Waals surface area contributed by atoms with Crippen molar-refractivity contribution in [3.8, 4) is 0 Å². The minimum Gasteiger partial charge on any atom is -0.372 e. The lowest BCUT2D eigenvalue weighted by molar-refractivity contribution is -0.248. The van der Waals surface area contributed by atoms with E-state index in [0.717, 1.165) is 12.1 Å². The van der Waals surface area contributed by atoms with E-state index in [1.165, 1.54) is 12.1 Å². The monoisotopic (exact) mass is 334 g/mol. The average molecular weight is 334 g/mol. The number of alkyl halides is 6. The Labute approximate surface area is 128 Å². The summed E-state index contributed by atoms with van der Waals surface area (Å²) in [5.74, 6) is 0. The summed E-state index contributed by atoms with van der Waals surface area (Å²) < 4.78 is 77.9. The molecule has 0 aromatic heterocycles. The molecule has 0 heterocycles. The van der Waals surface area contributed by atoms with E-state index in [1.807, 2.05) is 0 Å². The first kappa shape index (κ1) is 17.3. The van der Waals surface area contributed by atoms with Crippen LogP contribution in [-0.4, -0.2) is 11.3 Å². The summed E-state index contributed by atoms with van der Waals surface area (Å²) in [6.07, 6.45) is -9.76. The molecule has 124 valence electrons. The standard InChI is InChI=1S/C16H12F6O/c1-10-2-4-11(5-3-10)14(23,16(20,21)22)12-6-8-13(9-7-12)15(17,18)19/h2-9,23H,1H3. The predicted molar refractivity (Wildman–Crippen MR) is 71.7 cm³/mol. The maximum absolute atomic E-state index is 13.4. The number of rotatable bonds is 2. The van der Waals surface area contributed by atoms with Crippen molar-refractivity contribution in [1.29, 1.82) is 0 Å². The van der Waals surface area contributed by atoms with Crippen LogP contribution in [0.25, 0.3) is 0 Å². The minimum atomic E-state index is -5.10. The van der Waals surface area contributed by atoms with Gasteiger partial charge in [-0.3, -0.25) is 0 Å². The molecule has 1 atom stereocenters. The molecule has 0 fully saturated rings. The number of hydrogen-bond acceptors (Lipinski definition) is 1. The summed E-state index contributed by atoms with van der Waals surface area (Å²) in [7, 11) is 0. The van der Waals surface area contributed by atoms with Gasteiger partial charge in [-0.15, -0.1) is 0 Å². The highest BCUT2D eigenvalue weighted by Crippen LogP contribution is 2.44. The molecule has 0 radical (unpaired) electrons. The van der Waals surface area contributed by atoms with Crippen LogP contribution in [0.1, 0.15) is 22.3 Å². The molecule has 2 aromatic rings. The van der Waals surface area contributed by atoms with Crippen LogP contribution in [0.3, 0.4) is 0 Å². The van der Waals surface area contributed by atoms with Crippen molar-refractivity contribution in [1.82, 2.24) is 0 Å². The molecule has 0 saturated carbocycles. The number of benzene rings is 2. The maximum atomic E-state index is 13.4. The van der Waals surface area contributed by atoms with Gasteiger partial charge in [-0.2, -0.15) is 26.3 Å². The fourth-order valence-corrected chi connectivity index (χ4v) is 2.19. The van der Waals surface area contributed by atoms with Gasteiger partial charge in [0.25, 0.3) is 0 Å². The van der Waals surface area contributed by atoms with Crippen LogP contribution >= 0.6 is 0 Å². The fourth-order valence-electron chi connectivity index (χ4n) is 2.19. The van der Waals surface area contributed by atoms with Gasteiger partial charge in [-0.25, -0.2) is 0 Å². The lowest BCUT2D eigenvalue weighted by Gasteiger charge is -2.31. The van der Waals surface area contributed by atoms with E-state index < -0.39 is 34.6 Å². The van der Waals surface area contributed by atoms with Crippen molar-refractivity contribution in [2.45, 2.75) is 24.9 Å². The molecule has 1 N–H and O–H groups in total. The van der Waals surface area contributed by atoms with E-state index in [2.05, 4.69) is 0 Å². The SMILES string of the molecule is Cc1ccc(C(O)(c2ccc(C(F)(F)F)cc2)C(F)(F)F)cc1. The normalized spacial score (nSPS) is 15.3. The van der Waals surface area contributed by atoms with Gasteiger partial charge in [-0.05, 0) is 30.2 Å². The third kappa shape index (κ3) is 3.19. The molecule has 0 aliphatic heterocycles. The molecule has 23 heavy (non-hydrogen) atoms. The number of aliphatic hydroxyl groups is 1. The Morgan fingerprint density at radius 1 is 0.652 bits per heavy atom. The zero-order valence-corrected chi connectivity index (χ0v) is 11.8. The quantitative estimate of drug-likeness (QED) is 0.781. The molecule has 0 spiro atoms. The predicted octanol–water partition coefficient (Wildman–Crippen LogP) is 4.81. The highest BCUT2D eigenvalue weighted by atomic mass is 19.4. The Hall–Kier alpha value is -2.02. The summed E-state index contributed by atoms with van der Waals surface area (Å²) in [5, 5.41) is 10.3. The maximum Gasteiger partial charge on any atom is 0.425 e. The summed E-state index contributed by atoms with van der Waals surface area (Å²) in [6.45, 7) is 1.66. The van der Waals surface area contributed by atoms with E-state index in [4.69, 9.17) is 0 Å². The molecular weight excluding hydrogens is 322 g/mol. The van der Waals surface area contributed by atoms with Crippen molar-refractivity contribution in [2.24, 2.45) is 0 Å². The zero-order valence-electron chi connectivity index (χ0n) is 11.8. The second kappa shape index (κ2) is 5.56. The van der Waals surface area contributed by atoms with Gasteiger partial charge < -0.3 is 5.11 Å². The van der Waals surface area contributed by atoms with Gasteiger partial charge in [-0.1, -0.05) is 42.0 Å². The summed E-state index contributed by atoms with van der Waals surface area (Å²) in [4.78, 5) is 0. The first-order valence-electron chi connectivity index (χ1n) is 6.50. The smallest absolute Gasteiger partial charge is 0.372 e. The molecule has 0 saturated heterocycles. The molecule has 0 amide bonds. The molecule has 0 aliphatic rings. The van der Waals surface area contributed by atoms with Crippen molar-refractivity contribution in [2.75, 3.05) is 0 Å². The lowest BCUT2D eigenvalue weighted by atomic mass is 9.85. The Morgan fingerprint density at radius 3 is 1.35 bits per heavy atom. The highest BCUT2D eigenvalue weighted by molar-refractivity contribution is 5.40. The van der Waals surface area contributed by atoms with Gasteiger partial charge in [0.1, 0.15) is 0 Å². The Kier molecular flexibility index (Phi) is 4.19. The largest absolute Gasteiger partial charge is 0.425 e. The molecular formula is C16H12F6O. The first-order chi connectivity index (χ1) is 10.5. The summed E-state index contributed by atoms with van der Waals surface area (Å²) >= 11 is 0. The lowest BCUT2D eigenvalue weighted by Crippen LogP contribution is -2.43. The van der Waals surface area contributed by atoms with Gasteiger partial charge in [0.2, 0.25) is 5.60 Å².